The number of piperidine rings is 1. The maximum absolute atomic E-state index is 12.7. The van der Waals surface area contributed by atoms with E-state index in [2.05, 4.69) is 44.2 Å². The molecule has 158 valence electrons. The number of benzene rings is 1. The summed E-state index contributed by atoms with van der Waals surface area (Å²) in [6.45, 7) is 5.76. The molecule has 1 N–H and O–H groups in total. The van der Waals surface area contributed by atoms with Crippen LogP contribution in [-0.4, -0.2) is 39.2 Å². The minimum atomic E-state index is -0.106. The van der Waals surface area contributed by atoms with Gasteiger partial charge < -0.3 is 9.32 Å². The first-order valence-corrected chi connectivity index (χ1v) is 11.1. The van der Waals surface area contributed by atoms with Gasteiger partial charge in [0, 0.05) is 29.4 Å². The van der Waals surface area contributed by atoms with Crippen molar-refractivity contribution < 1.29 is 9.21 Å². The van der Waals surface area contributed by atoms with Gasteiger partial charge in [-0.25, -0.2) is 9.97 Å². The van der Waals surface area contributed by atoms with E-state index >= 15 is 0 Å². The van der Waals surface area contributed by atoms with Gasteiger partial charge in [-0.05, 0) is 44.4 Å². The minimum absolute atomic E-state index is 0.0849. The summed E-state index contributed by atoms with van der Waals surface area (Å²) >= 11 is 1.70. The first-order chi connectivity index (χ1) is 15.1. The van der Waals surface area contributed by atoms with Crippen LogP contribution in [0.4, 0.5) is 11.8 Å². The Bertz CT molecular complexity index is 1230. The van der Waals surface area contributed by atoms with Crippen LogP contribution in [0.5, 0.6) is 0 Å². The smallest absolute Gasteiger partial charge is 0.322 e. The summed E-state index contributed by atoms with van der Waals surface area (Å²) in [5, 5.41) is 11.9. The SMILES string of the molecule is Cc1sc2ncnc(N3CCC(C(=O)Nc4nnc(-c5ccccc5)o4)CC3)c2c1C. The zero-order chi connectivity index (χ0) is 21.4. The van der Waals surface area contributed by atoms with Crippen LogP contribution in [0, 0.1) is 19.8 Å². The normalized spacial score (nSPS) is 14.8. The van der Waals surface area contributed by atoms with E-state index in [1.807, 2.05) is 30.3 Å². The van der Waals surface area contributed by atoms with E-state index < -0.39 is 0 Å². The van der Waals surface area contributed by atoms with Crippen molar-refractivity contribution in [3.63, 3.8) is 0 Å². The first-order valence-electron chi connectivity index (χ1n) is 10.3. The van der Waals surface area contributed by atoms with Gasteiger partial charge in [-0.2, -0.15) is 0 Å². The van der Waals surface area contributed by atoms with Crippen molar-refractivity contribution >= 4 is 39.3 Å². The van der Waals surface area contributed by atoms with Crippen LogP contribution >= 0.6 is 11.3 Å². The highest BCUT2D eigenvalue weighted by Crippen LogP contribution is 2.35. The van der Waals surface area contributed by atoms with Crippen LogP contribution in [0.2, 0.25) is 0 Å². The van der Waals surface area contributed by atoms with Crippen molar-refractivity contribution in [2.24, 2.45) is 5.92 Å². The fourth-order valence-corrected chi connectivity index (χ4v) is 4.93. The largest absolute Gasteiger partial charge is 0.403 e. The zero-order valence-electron chi connectivity index (χ0n) is 17.3. The molecule has 1 aromatic carbocycles. The van der Waals surface area contributed by atoms with Gasteiger partial charge in [0.25, 0.3) is 0 Å². The lowest BCUT2D eigenvalue weighted by Gasteiger charge is -2.32. The Morgan fingerprint density at radius 2 is 1.90 bits per heavy atom. The molecule has 1 aliphatic heterocycles. The summed E-state index contributed by atoms with van der Waals surface area (Å²) in [5.41, 5.74) is 2.06. The molecule has 4 aromatic rings. The van der Waals surface area contributed by atoms with Gasteiger partial charge in [-0.15, -0.1) is 16.4 Å². The van der Waals surface area contributed by atoms with E-state index in [-0.39, 0.29) is 17.8 Å². The Morgan fingerprint density at radius 3 is 2.68 bits per heavy atom. The van der Waals surface area contributed by atoms with Gasteiger partial charge in [0.2, 0.25) is 11.8 Å². The highest BCUT2D eigenvalue weighted by atomic mass is 32.1. The average Bonchev–Trinajstić information content (AvgIpc) is 3.38. The van der Waals surface area contributed by atoms with Gasteiger partial charge in [0.1, 0.15) is 17.0 Å². The molecule has 0 spiro atoms. The van der Waals surface area contributed by atoms with Crippen LogP contribution in [0.1, 0.15) is 23.3 Å². The molecule has 0 aliphatic carbocycles. The summed E-state index contributed by atoms with van der Waals surface area (Å²) in [6.07, 6.45) is 3.10. The van der Waals surface area contributed by atoms with Crippen LogP contribution < -0.4 is 10.2 Å². The molecule has 1 aliphatic rings. The molecule has 9 heteroatoms. The van der Waals surface area contributed by atoms with E-state index in [4.69, 9.17) is 4.42 Å². The third-order valence-electron chi connectivity index (χ3n) is 5.79. The molecule has 3 aromatic heterocycles. The van der Waals surface area contributed by atoms with Crippen LogP contribution in [0.3, 0.4) is 0 Å². The number of fused-ring (bicyclic) bond motifs is 1. The lowest BCUT2D eigenvalue weighted by Crippen LogP contribution is -2.38. The molecule has 0 saturated carbocycles. The number of nitrogens with zero attached hydrogens (tertiary/aromatic N) is 5. The van der Waals surface area contributed by atoms with Crippen molar-refractivity contribution in [2.75, 3.05) is 23.3 Å². The Morgan fingerprint density at radius 1 is 1.13 bits per heavy atom. The van der Waals surface area contributed by atoms with E-state index in [1.165, 1.54) is 10.4 Å². The standard InChI is InChI=1S/C22H22N6O2S/c1-13-14(2)31-21-17(13)18(23-12-24-21)28-10-8-15(9-11-28)19(29)25-22-27-26-20(30-22)16-6-4-3-5-7-16/h3-7,12,15H,8-11H2,1-2H3,(H,25,27,29). The zero-order valence-corrected chi connectivity index (χ0v) is 18.1. The average molecular weight is 435 g/mol. The van der Waals surface area contributed by atoms with Crippen molar-refractivity contribution in [3.05, 3.63) is 47.1 Å². The quantitative estimate of drug-likeness (QED) is 0.514. The maximum atomic E-state index is 12.7. The number of aryl methyl sites for hydroxylation is 2. The summed E-state index contributed by atoms with van der Waals surface area (Å²) < 4.78 is 5.60. The molecule has 0 atom stereocenters. The minimum Gasteiger partial charge on any atom is -0.403 e. The highest BCUT2D eigenvalue weighted by molar-refractivity contribution is 7.18. The second kappa shape index (κ2) is 8.07. The van der Waals surface area contributed by atoms with Crippen molar-refractivity contribution in [2.45, 2.75) is 26.7 Å². The van der Waals surface area contributed by atoms with E-state index in [0.717, 1.165) is 47.5 Å². The molecule has 0 unspecified atom stereocenters. The Hall–Kier alpha value is -3.33. The van der Waals surface area contributed by atoms with Gasteiger partial charge in [0.05, 0.1) is 5.39 Å². The fourth-order valence-electron chi connectivity index (χ4n) is 3.94. The van der Waals surface area contributed by atoms with Gasteiger partial charge in [-0.3, -0.25) is 10.1 Å². The maximum Gasteiger partial charge on any atom is 0.322 e. The summed E-state index contributed by atoms with van der Waals surface area (Å²) in [7, 11) is 0. The fraction of sp³-hybridized carbons (Fsp3) is 0.318. The van der Waals surface area contributed by atoms with E-state index in [0.29, 0.717) is 5.89 Å². The summed E-state index contributed by atoms with van der Waals surface area (Å²) in [5.74, 6) is 1.17. The molecule has 1 saturated heterocycles. The summed E-state index contributed by atoms with van der Waals surface area (Å²) in [6, 6.07) is 9.62. The van der Waals surface area contributed by atoms with Gasteiger partial charge in [0.15, 0.2) is 0 Å². The third kappa shape index (κ3) is 3.76. The number of aromatic nitrogens is 4. The Kier molecular flexibility index (Phi) is 5.11. The number of anilines is 2. The van der Waals surface area contributed by atoms with E-state index in [1.54, 1.807) is 17.7 Å². The number of hydrogen-bond donors (Lipinski definition) is 1. The number of rotatable bonds is 4. The number of nitrogens with one attached hydrogen (secondary N) is 1. The monoisotopic (exact) mass is 434 g/mol. The van der Waals surface area contributed by atoms with Crippen LogP contribution in [-0.2, 0) is 4.79 Å². The molecule has 8 nitrogen and oxygen atoms in total. The Balaban J connectivity index is 1.24. The summed E-state index contributed by atoms with van der Waals surface area (Å²) in [4.78, 5) is 26.3. The second-order valence-corrected chi connectivity index (χ2v) is 8.89. The number of thiophene rings is 1. The van der Waals surface area contributed by atoms with Crippen LogP contribution in [0.15, 0.2) is 41.1 Å². The topological polar surface area (TPSA) is 97.0 Å². The lowest BCUT2D eigenvalue weighted by molar-refractivity contribution is -0.120. The number of carbonyl (C=O) groups excluding carboxylic acids is 1. The van der Waals surface area contributed by atoms with Gasteiger partial charge >= 0.3 is 6.01 Å². The first kappa shape index (κ1) is 19.6. The van der Waals surface area contributed by atoms with Gasteiger partial charge in [-0.1, -0.05) is 23.3 Å². The third-order valence-corrected chi connectivity index (χ3v) is 6.90. The second-order valence-electron chi connectivity index (χ2n) is 7.69. The number of carbonyl (C=O) groups is 1. The van der Waals surface area contributed by atoms with Crippen LogP contribution in [0.25, 0.3) is 21.7 Å². The lowest BCUT2D eigenvalue weighted by atomic mass is 9.95. The predicted molar refractivity (Wildman–Crippen MR) is 120 cm³/mol. The number of amides is 1. The molecule has 0 bridgehead atoms. The highest BCUT2D eigenvalue weighted by Gasteiger charge is 2.28. The molecule has 31 heavy (non-hydrogen) atoms. The Labute approximate surface area is 183 Å². The molecule has 0 radical (unpaired) electrons. The molecule has 1 amide bonds. The molecule has 5 rings (SSSR count). The molecule has 4 heterocycles. The molecular weight excluding hydrogens is 412 g/mol. The number of hydrogen-bond acceptors (Lipinski definition) is 8. The van der Waals surface area contributed by atoms with Crippen molar-refractivity contribution in [1.82, 2.24) is 20.2 Å². The molecule has 1 fully saturated rings. The van der Waals surface area contributed by atoms with Crippen molar-refractivity contribution in [3.8, 4) is 11.5 Å². The molecular formula is C22H22N6O2S. The van der Waals surface area contributed by atoms with E-state index in [9.17, 15) is 4.79 Å². The van der Waals surface area contributed by atoms with Crippen molar-refractivity contribution in [1.29, 1.82) is 0 Å². The predicted octanol–water partition coefficient (Wildman–Crippen LogP) is 4.21.